The molecule has 5 heteroatoms. The van der Waals surface area contributed by atoms with Crippen molar-refractivity contribution < 1.29 is 8.42 Å². The van der Waals surface area contributed by atoms with Crippen LogP contribution in [0.25, 0.3) is 0 Å². The molecule has 0 aliphatic carbocycles. The van der Waals surface area contributed by atoms with E-state index in [4.69, 9.17) is 0 Å². The summed E-state index contributed by atoms with van der Waals surface area (Å²) in [4.78, 5) is 3.01. The van der Waals surface area contributed by atoms with Gasteiger partial charge in [-0.05, 0) is 63.1 Å². The lowest BCUT2D eigenvalue weighted by Crippen LogP contribution is -2.43. The molecule has 1 aromatic carbocycles. The van der Waals surface area contributed by atoms with E-state index < -0.39 is 10.0 Å². The highest BCUT2D eigenvalue weighted by atomic mass is 32.2. The number of likely N-dealkylation sites (tertiary alicyclic amines) is 1. The highest BCUT2D eigenvalue weighted by Crippen LogP contribution is 2.26. The number of aryl methyl sites for hydroxylation is 1. The highest BCUT2D eigenvalue weighted by molar-refractivity contribution is 7.89. The molecule has 0 bridgehead atoms. The van der Waals surface area contributed by atoms with Crippen LogP contribution in [0.1, 0.15) is 38.2 Å². The molecule has 0 spiro atoms. The van der Waals surface area contributed by atoms with Crippen molar-refractivity contribution >= 4 is 10.0 Å². The quantitative estimate of drug-likeness (QED) is 0.838. The summed E-state index contributed by atoms with van der Waals surface area (Å²) in [5, 5.41) is 0. The van der Waals surface area contributed by atoms with Crippen LogP contribution in [0, 0.1) is 18.8 Å². The molecule has 0 aromatic heterocycles. The maximum atomic E-state index is 12.8. The van der Waals surface area contributed by atoms with E-state index in [1.165, 1.54) is 25.9 Å². The number of rotatable bonds is 4. The average Bonchev–Trinajstić information content (AvgIpc) is 2.56. The van der Waals surface area contributed by atoms with Crippen LogP contribution in [0.5, 0.6) is 0 Å². The summed E-state index contributed by atoms with van der Waals surface area (Å²) in [5.41, 5.74) is 1.09. The Morgan fingerprint density at radius 3 is 2.33 bits per heavy atom. The number of sulfonamides is 1. The molecule has 2 heterocycles. The van der Waals surface area contributed by atoms with E-state index in [-0.39, 0.29) is 0 Å². The van der Waals surface area contributed by atoms with Crippen LogP contribution in [0.4, 0.5) is 0 Å². The molecule has 0 unspecified atom stereocenters. The average molecular weight is 351 g/mol. The van der Waals surface area contributed by atoms with Gasteiger partial charge in [-0.3, -0.25) is 0 Å². The zero-order valence-corrected chi connectivity index (χ0v) is 15.8. The van der Waals surface area contributed by atoms with E-state index >= 15 is 0 Å². The van der Waals surface area contributed by atoms with Gasteiger partial charge in [0.25, 0.3) is 0 Å². The molecule has 0 N–H and O–H groups in total. The van der Waals surface area contributed by atoms with Crippen molar-refractivity contribution in [1.29, 1.82) is 0 Å². The second kappa shape index (κ2) is 7.54. The lowest BCUT2D eigenvalue weighted by atomic mass is 9.94. The second-order valence-corrected chi connectivity index (χ2v) is 9.61. The SMILES string of the molecule is Cc1ccc(S(=O)(=O)N2CCC(CN3CCC[C@@H](C)C3)CC2)cc1. The van der Waals surface area contributed by atoms with E-state index in [0.717, 1.165) is 30.9 Å². The maximum absolute atomic E-state index is 12.8. The lowest BCUT2D eigenvalue weighted by molar-refractivity contribution is 0.136. The fourth-order valence-electron chi connectivity index (χ4n) is 4.01. The molecule has 2 aliphatic rings. The van der Waals surface area contributed by atoms with Gasteiger partial charge in [-0.2, -0.15) is 4.31 Å². The number of benzene rings is 1. The van der Waals surface area contributed by atoms with Crippen LogP contribution in [0.15, 0.2) is 29.2 Å². The predicted octanol–water partition coefficient (Wildman–Crippen LogP) is 3.13. The predicted molar refractivity (Wildman–Crippen MR) is 97.5 cm³/mol. The Morgan fingerprint density at radius 2 is 1.71 bits per heavy atom. The Kier molecular flexibility index (Phi) is 5.63. The molecule has 2 fully saturated rings. The lowest BCUT2D eigenvalue weighted by Gasteiger charge is -2.37. The first-order chi connectivity index (χ1) is 11.4. The summed E-state index contributed by atoms with van der Waals surface area (Å²) in [6.07, 6.45) is 4.62. The summed E-state index contributed by atoms with van der Waals surface area (Å²) in [6, 6.07) is 7.20. The molecule has 1 aromatic rings. The van der Waals surface area contributed by atoms with Crippen LogP contribution in [-0.2, 0) is 10.0 Å². The van der Waals surface area contributed by atoms with Gasteiger partial charge >= 0.3 is 0 Å². The second-order valence-electron chi connectivity index (χ2n) is 7.67. The van der Waals surface area contributed by atoms with Gasteiger partial charge in [0, 0.05) is 26.2 Å². The normalized spacial score (nSPS) is 25.0. The Balaban J connectivity index is 1.55. The molecule has 134 valence electrons. The molecule has 0 saturated carbocycles. The van der Waals surface area contributed by atoms with Crippen LogP contribution in [0.2, 0.25) is 0 Å². The molecule has 2 aliphatic heterocycles. The highest BCUT2D eigenvalue weighted by Gasteiger charge is 2.30. The molecule has 0 radical (unpaired) electrons. The molecule has 3 rings (SSSR count). The zero-order valence-electron chi connectivity index (χ0n) is 14.9. The van der Waals surface area contributed by atoms with Crippen LogP contribution < -0.4 is 0 Å². The van der Waals surface area contributed by atoms with Crippen LogP contribution in [-0.4, -0.2) is 50.3 Å². The summed E-state index contributed by atoms with van der Waals surface area (Å²) in [6.45, 7) is 9.19. The van der Waals surface area contributed by atoms with Crippen LogP contribution >= 0.6 is 0 Å². The number of piperidine rings is 2. The summed E-state index contributed by atoms with van der Waals surface area (Å²) in [5.74, 6) is 1.44. The number of hydrogen-bond donors (Lipinski definition) is 0. The topological polar surface area (TPSA) is 40.6 Å². The monoisotopic (exact) mass is 350 g/mol. The minimum absolute atomic E-state index is 0.427. The molecular formula is C19H30N2O2S. The standard InChI is InChI=1S/C19H30N2O2S/c1-16-5-7-19(8-6-16)24(22,23)21-12-9-18(10-13-21)15-20-11-3-4-17(2)14-20/h5-8,17-18H,3-4,9-15H2,1-2H3/t17-/m1/s1. The van der Waals surface area contributed by atoms with Gasteiger partial charge in [-0.25, -0.2) is 8.42 Å². The van der Waals surface area contributed by atoms with Crippen molar-refractivity contribution in [3.63, 3.8) is 0 Å². The molecular weight excluding hydrogens is 320 g/mol. The number of hydrogen-bond acceptors (Lipinski definition) is 3. The largest absolute Gasteiger partial charge is 0.303 e. The fraction of sp³-hybridized carbons (Fsp3) is 0.684. The maximum Gasteiger partial charge on any atom is 0.243 e. The molecule has 1 atom stereocenters. The van der Waals surface area contributed by atoms with Crippen molar-refractivity contribution in [2.24, 2.45) is 11.8 Å². The van der Waals surface area contributed by atoms with Gasteiger partial charge in [-0.1, -0.05) is 24.6 Å². The van der Waals surface area contributed by atoms with E-state index in [2.05, 4.69) is 11.8 Å². The minimum atomic E-state index is -3.32. The van der Waals surface area contributed by atoms with E-state index in [1.54, 1.807) is 16.4 Å². The van der Waals surface area contributed by atoms with Gasteiger partial charge in [-0.15, -0.1) is 0 Å². The van der Waals surface area contributed by atoms with Crippen LogP contribution in [0.3, 0.4) is 0 Å². The molecule has 24 heavy (non-hydrogen) atoms. The van der Waals surface area contributed by atoms with Gasteiger partial charge in [0.05, 0.1) is 4.90 Å². The van der Waals surface area contributed by atoms with Gasteiger partial charge in [0.2, 0.25) is 10.0 Å². The van der Waals surface area contributed by atoms with E-state index in [1.807, 2.05) is 19.1 Å². The third-order valence-electron chi connectivity index (χ3n) is 5.49. The third-order valence-corrected chi connectivity index (χ3v) is 7.40. The van der Waals surface area contributed by atoms with Crippen molar-refractivity contribution in [3.05, 3.63) is 29.8 Å². The van der Waals surface area contributed by atoms with Gasteiger partial charge in [0.1, 0.15) is 0 Å². The first-order valence-corrected chi connectivity index (χ1v) is 10.7. The summed E-state index contributed by atoms with van der Waals surface area (Å²) >= 11 is 0. The van der Waals surface area contributed by atoms with Gasteiger partial charge < -0.3 is 4.90 Å². The first kappa shape index (κ1) is 17.9. The Bertz CT molecular complexity index is 634. The number of nitrogens with zero attached hydrogens (tertiary/aromatic N) is 2. The molecule has 2 saturated heterocycles. The first-order valence-electron chi connectivity index (χ1n) is 9.24. The summed E-state index contributed by atoms with van der Waals surface area (Å²) in [7, 11) is -3.32. The van der Waals surface area contributed by atoms with Gasteiger partial charge in [0.15, 0.2) is 0 Å². The Hall–Kier alpha value is -0.910. The molecule has 0 amide bonds. The minimum Gasteiger partial charge on any atom is -0.303 e. The van der Waals surface area contributed by atoms with E-state index in [0.29, 0.717) is 23.9 Å². The molecule has 4 nitrogen and oxygen atoms in total. The fourth-order valence-corrected chi connectivity index (χ4v) is 5.48. The van der Waals surface area contributed by atoms with Crippen molar-refractivity contribution in [2.75, 3.05) is 32.7 Å². The van der Waals surface area contributed by atoms with Crippen molar-refractivity contribution in [1.82, 2.24) is 9.21 Å². The summed E-state index contributed by atoms with van der Waals surface area (Å²) < 4.78 is 27.2. The van der Waals surface area contributed by atoms with Crippen molar-refractivity contribution in [3.8, 4) is 0 Å². The van der Waals surface area contributed by atoms with Crippen molar-refractivity contribution in [2.45, 2.75) is 44.4 Å². The smallest absolute Gasteiger partial charge is 0.243 e. The Labute approximate surface area is 146 Å². The van der Waals surface area contributed by atoms with E-state index in [9.17, 15) is 8.42 Å². The zero-order chi connectivity index (χ0) is 17.2. The Morgan fingerprint density at radius 1 is 1.04 bits per heavy atom. The third kappa shape index (κ3) is 4.19.